The molecular weight excluding hydrogens is 501 g/mol. The van der Waals surface area contributed by atoms with Gasteiger partial charge in [-0.3, -0.25) is 9.88 Å². The molecule has 5 rings (SSSR count). The van der Waals surface area contributed by atoms with Gasteiger partial charge in [0.2, 0.25) is 0 Å². The minimum absolute atomic E-state index is 0.0798. The Morgan fingerprint density at radius 1 is 1.17 bits per heavy atom. The largest absolute Gasteiger partial charge is 0.489 e. The Kier molecular flexibility index (Phi) is 6.83. The fourth-order valence-electron chi connectivity index (χ4n) is 5.01. The van der Waals surface area contributed by atoms with E-state index in [9.17, 15) is 4.79 Å². The molecule has 4 heterocycles. The summed E-state index contributed by atoms with van der Waals surface area (Å²) < 4.78 is 11.9. The van der Waals surface area contributed by atoms with Crippen molar-refractivity contribution in [2.45, 2.75) is 64.7 Å². The predicted molar refractivity (Wildman–Crippen MR) is 140 cm³/mol. The molecule has 1 N–H and O–H groups in total. The number of allylic oxidation sites excluding steroid dienone is 1. The maximum atomic E-state index is 13.3. The van der Waals surface area contributed by atoms with Gasteiger partial charge in [0.1, 0.15) is 11.4 Å². The molecule has 3 aliphatic rings. The molecule has 1 fully saturated rings. The van der Waals surface area contributed by atoms with E-state index in [0.717, 1.165) is 53.2 Å². The highest BCUT2D eigenvalue weighted by Crippen LogP contribution is 2.38. The molecule has 0 radical (unpaired) electrons. The van der Waals surface area contributed by atoms with E-state index in [0.29, 0.717) is 28.9 Å². The lowest BCUT2D eigenvalue weighted by Crippen LogP contribution is -2.39. The zero-order chi connectivity index (χ0) is 25.4. The molecule has 1 aliphatic carbocycles. The number of halogens is 2. The second-order valence-electron chi connectivity index (χ2n) is 10.3. The third kappa shape index (κ3) is 5.15. The average Bonchev–Trinajstić information content (AvgIpc) is 3.11. The van der Waals surface area contributed by atoms with Crippen LogP contribution >= 0.6 is 23.2 Å². The molecule has 8 nitrogen and oxygen atoms in total. The topological polar surface area (TPSA) is 92.2 Å². The van der Waals surface area contributed by atoms with Crippen LogP contribution in [0.5, 0.6) is 5.75 Å². The van der Waals surface area contributed by atoms with Crippen molar-refractivity contribution in [3.8, 4) is 5.75 Å². The average molecular weight is 530 g/mol. The van der Waals surface area contributed by atoms with E-state index >= 15 is 0 Å². The van der Waals surface area contributed by atoms with Gasteiger partial charge in [-0.25, -0.2) is 4.79 Å². The molecule has 36 heavy (non-hydrogen) atoms. The van der Waals surface area contributed by atoms with Crippen LogP contribution in [0, 0.1) is 5.92 Å². The number of H-pyrrole nitrogens is 1. The standard InChI is InChI=1S/C26H29Cl2N5O3/c1-26(2,3)36-25(34)33-9-8-20(28)22(23-24(33)19-13-30-31-14-21(19)32-23)15-4-6-17(7-5-15)35-18-10-16(27)11-29-12-18/h8,10-12,14-15,17,32H,4-7,9,13H2,1-3H3/t15-,17-. The Morgan fingerprint density at radius 3 is 2.67 bits per heavy atom. The van der Waals surface area contributed by atoms with Crippen molar-refractivity contribution in [3.05, 3.63) is 50.9 Å². The van der Waals surface area contributed by atoms with Gasteiger partial charge in [-0.1, -0.05) is 23.2 Å². The Labute approximate surface area is 219 Å². The maximum absolute atomic E-state index is 13.3. The fraction of sp³-hybridized carbons (Fsp3) is 0.462. The summed E-state index contributed by atoms with van der Waals surface area (Å²) in [5.74, 6) is 0.888. The summed E-state index contributed by atoms with van der Waals surface area (Å²) in [6, 6.07) is 1.79. The van der Waals surface area contributed by atoms with Crippen LogP contribution in [0.1, 0.15) is 52.0 Å². The predicted octanol–water partition coefficient (Wildman–Crippen LogP) is 5.43. The molecule has 10 heteroatoms. The van der Waals surface area contributed by atoms with Gasteiger partial charge in [-0.05, 0) is 64.0 Å². The van der Waals surface area contributed by atoms with Crippen molar-refractivity contribution in [3.63, 3.8) is 0 Å². The first-order valence-corrected chi connectivity index (χ1v) is 12.9. The van der Waals surface area contributed by atoms with Gasteiger partial charge < -0.3 is 14.5 Å². The van der Waals surface area contributed by atoms with Crippen LogP contribution in [0.3, 0.4) is 0 Å². The number of ether oxygens (including phenoxy) is 2. The lowest BCUT2D eigenvalue weighted by atomic mass is 9.81. The zero-order valence-corrected chi connectivity index (χ0v) is 22.1. The van der Waals surface area contributed by atoms with Crippen LogP contribution in [-0.2, 0) is 11.3 Å². The summed E-state index contributed by atoms with van der Waals surface area (Å²) in [6.07, 6.45) is 10.1. The van der Waals surface area contributed by atoms with E-state index in [4.69, 9.17) is 32.7 Å². The molecule has 2 aliphatic heterocycles. The molecule has 2 aromatic heterocycles. The summed E-state index contributed by atoms with van der Waals surface area (Å²) >= 11 is 13.0. The number of aromatic amines is 1. The molecule has 0 unspecified atom stereocenters. The van der Waals surface area contributed by atoms with E-state index < -0.39 is 11.7 Å². The minimum atomic E-state index is -0.622. The number of hydrogen-bond acceptors (Lipinski definition) is 6. The highest BCUT2D eigenvalue weighted by Gasteiger charge is 2.33. The lowest BCUT2D eigenvalue weighted by molar-refractivity contribution is 0.0584. The molecular formula is C26H29Cl2N5O3. The van der Waals surface area contributed by atoms with E-state index in [-0.39, 0.29) is 12.0 Å². The van der Waals surface area contributed by atoms with Crippen molar-refractivity contribution >= 4 is 46.8 Å². The van der Waals surface area contributed by atoms with Crippen molar-refractivity contribution in [1.82, 2.24) is 9.97 Å². The van der Waals surface area contributed by atoms with Gasteiger partial charge in [0, 0.05) is 29.4 Å². The molecule has 0 atom stereocenters. The Balaban J connectivity index is 1.48. The first kappa shape index (κ1) is 24.8. The van der Waals surface area contributed by atoms with E-state index in [1.54, 1.807) is 29.6 Å². The molecule has 2 aromatic rings. The van der Waals surface area contributed by atoms with Crippen molar-refractivity contribution in [1.29, 1.82) is 0 Å². The SMILES string of the molecule is CC(C)(C)OC(=O)N1CC=C(Cl)C([C@H]2CC[C@H](Oc3cncc(Cl)c3)CC2)=c2[nH]c3c(c21)CN=NC=3. The molecule has 0 saturated heterocycles. The number of anilines is 1. The number of pyridine rings is 1. The highest BCUT2D eigenvalue weighted by atomic mass is 35.5. The number of fused-ring (bicyclic) bond motifs is 3. The third-order valence-corrected chi connectivity index (χ3v) is 7.10. The molecule has 0 spiro atoms. The van der Waals surface area contributed by atoms with E-state index in [2.05, 4.69) is 20.2 Å². The van der Waals surface area contributed by atoms with Crippen molar-refractivity contribution in [2.75, 3.05) is 11.4 Å². The van der Waals surface area contributed by atoms with Crippen LogP contribution in [0.15, 0.2) is 39.8 Å². The van der Waals surface area contributed by atoms with E-state index in [1.807, 2.05) is 26.8 Å². The Bertz CT molecular complexity index is 1350. The lowest BCUT2D eigenvalue weighted by Gasteiger charge is -2.30. The first-order chi connectivity index (χ1) is 17.2. The maximum Gasteiger partial charge on any atom is 0.415 e. The second kappa shape index (κ2) is 9.90. The summed E-state index contributed by atoms with van der Waals surface area (Å²) in [4.78, 5) is 22.5. The molecule has 0 aromatic carbocycles. The van der Waals surface area contributed by atoms with Crippen LogP contribution in [0.2, 0.25) is 5.02 Å². The van der Waals surface area contributed by atoms with Gasteiger partial charge in [0.05, 0.1) is 46.5 Å². The first-order valence-electron chi connectivity index (χ1n) is 12.1. The number of rotatable bonds is 3. The summed E-state index contributed by atoms with van der Waals surface area (Å²) in [5.41, 5.74) is 2.10. The number of hydrogen-bond donors (Lipinski definition) is 1. The van der Waals surface area contributed by atoms with Crippen LogP contribution in [0.25, 0.3) is 11.8 Å². The number of carbonyl (C=O) groups is 1. The number of azo groups is 1. The highest BCUT2D eigenvalue weighted by molar-refractivity contribution is 6.36. The van der Waals surface area contributed by atoms with Gasteiger partial charge in [0.25, 0.3) is 0 Å². The Hall–Kier alpha value is -2.84. The summed E-state index contributed by atoms with van der Waals surface area (Å²) in [7, 11) is 0. The second-order valence-corrected chi connectivity index (χ2v) is 11.1. The van der Waals surface area contributed by atoms with Gasteiger partial charge in [0.15, 0.2) is 0 Å². The molecule has 1 amide bonds. The monoisotopic (exact) mass is 529 g/mol. The van der Waals surface area contributed by atoms with Gasteiger partial charge in [-0.2, -0.15) is 10.2 Å². The number of nitrogens with zero attached hydrogens (tertiary/aromatic N) is 4. The number of amides is 1. The molecule has 0 bridgehead atoms. The number of carbonyl (C=O) groups excluding carboxylic acids is 1. The smallest absolute Gasteiger partial charge is 0.415 e. The number of aromatic nitrogens is 2. The normalized spacial score (nSPS) is 21.6. The quantitative estimate of drug-likeness (QED) is 0.573. The third-order valence-electron chi connectivity index (χ3n) is 6.53. The zero-order valence-electron chi connectivity index (χ0n) is 20.6. The Morgan fingerprint density at radius 2 is 1.94 bits per heavy atom. The van der Waals surface area contributed by atoms with Crippen LogP contribution in [0.4, 0.5) is 10.5 Å². The van der Waals surface area contributed by atoms with E-state index in [1.165, 1.54) is 0 Å². The van der Waals surface area contributed by atoms with Crippen molar-refractivity contribution < 1.29 is 14.3 Å². The minimum Gasteiger partial charge on any atom is -0.489 e. The molecule has 1 saturated carbocycles. The number of nitrogens with one attached hydrogen (secondary N) is 1. The molecule has 190 valence electrons. The summed E-state index contributed by atoms with van der Waals surface area (Å²) in [5, 5.41) is 11.2. The fourth-order valence-corrected chi connectivity index (χ4v) is 5.50. The van der Waals surface area contributed by atoms with Crippen LogP contribution < -0.4 is 20.3 Å². The van der Waals surface area contributed by atoms with Gasteiger partial charge in [-0.15, -0.1) is 0 Å². The van der Waals surface area contributed by atoms with Crippen LogP contribution in [-0.4, -0.2) is 34.3 Å². The van der Waals surface area contributed by atoms with Gasteiger partial charge >= 0.3 is 6.09 Å². The van der Waals surface area contributed by atoms with Crippen molar-refractivity contribution in [2.24, 2.45) is 16.1 Å². The summed E-state index contributed by atoms with van der Waals surface area (Å²) in [6.45, 7) is 6.28.